The Kier molecular flexibility index (Phi) is 3.05. The van der Waals surface area contributed by atoms with Crippen molar-refractivity contribution in [2.24, 2.45) is 0 Å². The molecular formula is C9H9ClIN5O. The second-order valence-corrected chi connectivity index (χ2v) is 5.01. The quantitative estimate of drug-likeness (QED) is 0.612. The molecule has 0 spiro atoms. The molecule has 3 rings (SSSR count). The van der Waals surface area contributed by atoms with Crippen molar-refractivity contribution in [2.75, 3.05) is 31.2 Å². The van der Waals surface area contributed by atoms with E-state index >= 15 is 0 Å². The molecule has 0 unspecified atom stereocenters. The van der Waals surface area contributed by atoms with Crippen LogP contribution in [-0.4, -0.2) is 46.5 Å². The van der Waals surface area contributed by atoms with E-state index in [0.29, 0.717) is 18.9 Å². The molecule has 0 aliphatic carbocycles. The number of H-pyrrole nitrogens is 1. The van der Waals surface area contributed by atoms with Crippen molar-refractivity contribution >= 4 is 51.0 Å². The van der Waals surface area contributed by atoms with Crippen LogP contribution in [0.15, 0.2) is 0 Å². The van der Waals surface area contributed by atoms with Crippen molar-refractivity contribution in [2.45, 2.75) is 0 Å². The molecule has 0 saturated carbocycles. The zero-order valence-corrected chi connectivity index (χ0v) is 11.7. The van der Waals surface area contributed by atoms with Gasteiger partial charge in [0.05, 0.1) is 18.6 Å². The Hall–Kier alpha value is -0.670. The number of fused-ring (bicyclic) bond motifs is 1. The first-order valence-electron chi connectivity index (χ1n) is 5.15. The number of hydrogen-bond donors (Lipinski definition) is 1. The van der Waals surface area contributed by atoms with E-state index in [1.807, 2.05) is 0 Å². The molecule has 1 saturated heterocycles. The Morgan fingerprint density at radius 3 is 2.82 bits per heavy atom. The number of anilines is 1. The van der Waals surface area contributed by atoms with Crippen LogP contribution in [0.25, 0.3) is 11.0 Å². The maximum atomic E-state index is 5.92. The van der Waals surface area contributed by atoms with Crippen molar-refractivity contribution in [3.8, 4) is 0 Å². The van der Waals surface area contributed by atoms with Crippen molar-refractivity contribution in [3.63, 3.8) is 0 Å². The average Bonchev–Trinajstić information content (AvgIpc) is 2.71. The van der Waals surface area contributed by atoms with Crippen LogP contribution in [0, 0.1) is 3.70 Å². The smallest absolute Gasteiger partial charge is 0.226 e. The lowest BCUT2D eigenvalue weighted by molar-refractivity contribution is 0.122. The molecule has 8 heteroatoms. The topological polar surface area (TPSA) is 66.9 Å². The van der Waals surface area contributed by atoms with Gasteiger partial charge in [0.2, 0.25) is 5.28 Å². The third kappa shape index (κ3) is 2.06. The first-order chi connectivity index (χ1) is 8.25. The number of morpholine rings is 1. The molecule has 1 fully saturated rings. The van der Waals surface area contributed by atoms with Gasteiger partial charge in [0.1, 0.15) is 9.52 Å². The number of aromatic amines is 1. The maximum Gasteiger partial charge on any atom is 0.226 e. The average molecular weight is 366 g/mol. The number of rotatable bonds is 1. The number of aromatic nitrogens is 4. The van der Waals surface area contributed by atoms with Gasteiger partial charge in [-0.25, -0.2) is 0 Å². The minimum absolute atomic E-state index is 0.235. The molecule has 0 radical (unpaired) electrons. The second kappa shape index (κ2) is 4.54. The van der Waals surface area contributed by atoms with E-state index in [4.69, 9.17) is 16.3 Å². The van der Waals surface area contributed by atoms with E-state index < -0.39 is 0 Å². The molecule has 3 heterocycles. The summed E-state index contributed by atoms with van der Waals surface area (Å²) in [5.41, 5.74) is 0.677. The number of halogens is 2. The Morgan fingerprint density at radius 1 is 1.29 bits per heavy atom. The SMILES string of the molecule is Clc1nc(N2CCOCC2)c2c(I)n[nH]c2n1. The van der Waals surface area contributed by atoms with Gasteiger partial charge in [-0.2, -0.15) is 15.1 Å². The summed E-state index contributed by atoms with van der Waals surface area (Å²) in [6.45, 7) is 3.03. The molecule has 1 aliphatic heterocycles. The van der Waals surface area contributed by atoms with Gasteiger partial charge < -0.3 is 9.64 Å². The molecule has 1 aliphatic rings. The molecule has 1 N–H and O–H groups in total. The second-order valence-electron chi connectivity index (χ2n) is 3.65. The lowest BCUT2D eigenvalue weighted by atomic mass is 10.3. The number of nitrogens with one attached hydrogen (secondary N) is 1. The van der Waals surface area contributed by atoms with Crippen LogP contribution in [-0.2, 0) is 4.74 Å². The van der Waals surface area contributed by atoms with E-state index in [0.717, 1.165) is 28.0 Å². The number of ether oxygens (including phenoxy) is 1. The summed E-state index contributed by atoms with van der Waals surface area (Å²) in [7, 11) is 0. The zero-order chi connectivity index (χ0) is 11.8. The lowest BCUT2D eigenvalue weighted by Crippen LogP contribution is -2.37. The van der Waals surface area contributed by atoms with Crippen molar-refractivity contribution in [1.82, 2.24) is 20.2 Å². The van der Waals surface area contributed by atoms with E-state index in [9.17, 15) is 0 Å². The Bertz CT molecular complexity index is 554. The lowest BCUT2D eigenvalue weighted by Gasteiger charge is -2.28. The van der Waals surface area contributed by atoms with Gasteiger partial charge in [-0.15, -0.1) is 0 Å². The van der Waals surface area contributed by atoms with Crippen LogP contribution >= 0.6 is 34.2 Å². The van der Waals surface area contributed by atoms with Crippen molar-refractivity contribution in [3.05, 3.63) is 8.98 Å². The van der Waals surface area contributed by atoms with E-state index in [2.05, 4.69) is 47.7 Å². The zero-order valence-electron chi connectivity index (χ0n) is 8.78. The first-order valence-corrected chi connectivity index (χ1v) is 6.61. The van der Waals surface area contributed by atoms with E-state index in [-0.39, 0.29) is 5.28 Å². The van der Waals surface area contributed by atoms with Crippen LogP contribution in [0.1, 0.15) is 0 Å². The predicted octanol–water partition coefficient (Wildman–Crippen LogP) is 1.45. The third-order valence-corrected chi connectivity index (χ3v) is 3.59. The number of nitrogens with zero attached hydrogens (tertiary/aromatic N) is 4. The Labute approximate surface area is 116 Å². The fourth-order valence-corrected chi connectivity index (χ4v) is 2.64. The molecule has 6 nitrogen and oxygen atoms in total. The van der Waals surface area contributed by atoms with Gasteiger partial charge in [-0.05, 0) is 34.2 Å². The third-order valence-electron chi connectivity index (χ3n) is 2.64. The molecule has 0 bridgehead atoms. The summed E-state index contributed by atoms with van der Waals surface area (Å²) in [4.78, 5) is 10.6. The minimum atomic E-state index is 0.235. The van der Waals surface area contributed by atoms with Gasteiger partial charge in [0.25, 0.3) is 0 Å². The van der Waals surface area contributed by atoms with Crippen molar-refractivity contribution < 1.29 is 4.74 Å². The first kappa shape index (κ1) is 11.4. The highest BCUT2D eigenvalue weighted by Gasteiger charge is 2.20. The standard InChI is InChI=1S/C9H9ClIN5O/c10-9-12-7-5(6(11)14-15-7)8(13-9)16-1-3-17-4-2-16/h1-4H2,(H,12,13,14,15). The van der Waals surface area contributed by atoms with E-state index in [1.54, 1.807) is 0 Å². The Balaban J connectivity index is 2.15. The predicted molar refractivity (Wildman–Crippen MR) is 72.4 cm³/mol. The van der Waals surface area contributed by atoms with Crippen LogP contribution in [0.2, 0.25) is 5.28 Å². The Morgan fingerprint density at radius 2 is 2.06 bits per heavy atom. The molecule has 2 aromatic heterocycles. The monoisotopic (exact) mass is 365 g/mol. The molecule has 0 atom stereocenters. The minimum Gasteiger partial charge on any atom is -0.378 e. The molecule has 2 aromatic rings. The molecule has 17 heavy (non-hydrogen) atoms. The van der Waals surface area contributed by atoms with Crippen LogP contribution in [0.3, 0.4) is 0 Å². The highest BCUT2D eigenvalue weighted by atomic mass is 127. The van der Waals surface area contributed by atoms with Crippen LogP contribution < -0.4 is 4.90 Å². The van der Waals surface area contributed by atoms with Crippen molar-refractivity contribution in [1.29, 1.82) is 0 Å². The fourth-order valence-electron chi connectivity index (χ4n) is 1.86. The molecule has 0 aromatic carbocycles. The van der Waals surface area contributed by atoms with Gasteiger partial charge >= 0.3 is 0 Å². The molecule has 90 valence electrons. The number of hydrogen-bond acceptors (Lipinski definition) is 5. The summed E-state index contributed by atoms with van der Waals surface area (Å²) in [6.07, 6.45) is 0. The normalized spacial score (nSPS) is 16.7. The van der Waals surface area contributed by atoms with Gasteiger partial charge in [-0.3, -0.25) is 5.10 Å². The largest absolute Gasteiger partial charge is 0.378 e. The van der Waals surface area contributed by atoms with Gasteiger partial charge in [0.15, 0.2) is 5.65 Å². The summed E-state index contributed by atoms with van der Waals surface area (Å²) in [5.74, 6) is 0.835. The highest BCUT2D eigenvalue weighted by Crippen LogP contribution is 2.28. The summed E-state index contributed by atoms with van der Waals surface area (Å²) in [5, 5.41) is 8.16. The van der Waals surface area contributed by atoms with E-state index in [1.165, 1.54) is 0 Å². The van der Waals surface area contributed by atoms with Crippen LogP contribution in [0.4, 0.5) is 5.82 Å². The summed E-state index contributed by atoms with van der Waals surface area (Å²) >= 11 is 8.09. The van der Waals surface area contributed by atoms with Gasteiger partial charge in [-0.1, -0.05) is 0 Å². The van der Waals surface area contributed by atoms with Gasteiger partial charge in [0, 0.05) is 13.1 Å². The summed E-state index contributed by atoms with van der Waals surface area (Å²) < 4.78 is 6.19. The maximum absolute atomic E-state index is 5.92. The molecule has 0 amide bonds. The summed E-state index contributed by atoms with van der Waals surface area (Å²) in [6, 6.07) is 0. The van der Waals surface area contributed by atoms with Crippen LogP contribution in [0.5, 0.6) is 0 Å². The molecular weight excluding hydrogens is 356 g/mol. The fraction of sp³-hybridized carbons (Fsp3) is 0.444. The highest BCUT2D eigenvalue weighted by molar-refractivity contribution is 14.1.